The molecule has 0 aliphatic carbocycles. The smallest absolute Gasteiger partial charge is 0.323 e. The number of hydrogen-bond acceptors (Lipinski definition) is 4. The van der Waals surface area contributed by atoms with Crippen molar-refractivity contribution in [1.29, 1.82) is 0 Å². The highest BCUT2D eigenvalue weighted by molar-refractivity contribution is 7.80. The largest absolute Gasteiger partial charge is 0.468 e. The van der Waals surface area contributed by atoms with Crippen LogP contribution in [0.5, 0.6) is 0 Å². The van der Waals surface area contributed by atoms with E-state index in [2.05, 4.69) is 22.7 Å². The predicted molar refractivity (Wildman–Crippen MR) is 57.1 cm³/mol. The van der Waals surface area contributed by atoms with Crippen LogP contribution >= 0.6 is 12.6 Å². The molecule has 1 unspecified atom stereocenters. The molecule has 76 valence electrons. The Kier molecular flexibility index (Phi) is 6.72. The van der Waals surface area contributed by atoms with Crippen molar-refractivity contribution in [2.45, 2.75) is 19.9 Å². The summed E-state index contributed by atoms with van der Waals surface area (Å²) in [7, 11) is 1.38. The predicted octanol–water partition coefficient (Wildman–Crippen LogP) is 1.01. The number of carbonyl (C=O) groups excluding carboxylic acids is 1. The van der Waals surface area contributed by atoms with Crippen LogP contribution in [0, 0.1) is 0 Å². The van der Waals surface area contributed by atoms with Crippen molar-refractivity contribution >= 4 is 18.6 Å². The molecule has 0 aromatic rings. The number of esters is 1. The van der Waals surface area contributed by atoms with E-state index >= 15 is 0 Å². The summed E-state index contributed by atoms with van der Waals surface area (Å²) in [5.41, 5.74) is 1.22. The summed E-state index contributed by atoms with van der Waals surface area (Å²) in [5.74, 6) is 0.181. The van der Waals surface area contributed by atoms with E-state index in [4.69, 9.17) is 0 Å². The molecule has 0 spiro atoms. The Morgan fingerprint density at radius 3 is 2.62 bits per heavy atom. The molecule has 0 saturated carbocycles. The van der Waals surface area contributed by atoms with Gasteiger partial charge in [-0.25, -0.2) is 0 Å². The van der Waals surface area contributed by atoms with Crippen molar-refractivity contribution in [3.63, 3.8) is 0 Å². The van der Waals surface area contributed by atoms with Gasteiger partial charge in [0.25, 0.3) is 0 Å². The van der Waals surface area contributed by atoms with Gasteiger partial charge in [-0.2, -0.15) is 12.6 Å². The molecule has 1 atom stereocenters. The highest BCUT2D eigenvalue weighted by Gasteiger charge is 2.14. The molecule has 0 rings (SSSR count). The number of rotatable bonds is 5. The molecule has 0 amide bonds. The molecule has 0 aromatic heterocycles. The van der Waals surface area contributed by atoms with Crippen molar-refractivity contribution in [3.8, 4) is 0 Å². The van der Waals surface area contributed by atoms with E-state index in [1.165, 1.54) is 12.7 Å². The van der Waals surface area contributed by atoms with Gasteiger partial charge in [0.15, 0.2) is 0 Å². The second-order valence-corrected chi connectivity index (χ2v) is 3.31. The summed E-state index contributed by atoms with van der Waals surface area (Å²) in [4.78, 5) is 11.1. The lowest BCUT2D eigenvalue weighted by molar-refractivity contribution is -0.142. The maximum atomic E-state index is 11.1. The van der Waals surface area contributed by atoms with Crippen LogP contribution in [0.1, 0.15) is 13.8 Å². The van der Waals surface area contributed by atoms with Crippen LogP contribution in [-0.2, 0) is 9.53 Å². The molecule has 0 fully saturated rings. The first-order valence-corrected chi connectivity index (χ1v) is 4.80. The topological polar surface area (TPSA) is 38.3 Å². The minimum absolute atomic E-state index is 0.267. The normalized spacial score (nSPS) is 12.0. The van der Waals surface area contributed by atoms with E-state index in [0.29, 0.717) is 12.3 Å². The van der Waals surface area contributed by atoms with Gasteiger partial charge in [-0.05, 0) is 13.8 Å². The molecular weight excluding hydrogens is 186 g/mol. The number of methoxy groups -OCH3 is 1. The molecule has 0 aliphatic rings. The number of carbonyl (C=O) groups is 1. The number of allylic oxidation sites excluding steroid dienone is 1. The van der Waals surface area contributed by atoms with Gasteiger partial charge >= 0.3 is 5.97 Å². The molecule has 0 heterocycles. The van der Waals surface area contributed by atoms with Crippen molar-refractivity contribution in [3.05, 3.63) is 11.6 Å². The van der Waals surface area contributed by atoms with Crippen molar-refractivity contribution in [2.24, 2.45) is 0 Å². The first-order valence-electron chi connectivity index (χ1n) is 4.17. The average Bonchev–Trinajstić information content (AvgIpc) is 2.11. The Balaban J connectivity index is 3.86. The van der Waals surface area contributed by atoms with Gasteiger partial charge in [-0.15, -0.1) is 0 Å². The quantitative estimate of drug-likeness (QED) is 0.398. The summed E-state index contributed by atoms with van der Waals surface area (Å²) in [6.07, 6.45) is 2.01. The Morgan fingerprint density at radius 2 is 2.23 bits per heavy atom. The Labute approximate surface area is 84.9 Å². The summed E-state index contributed by atoms with van der Waals surface area (Å²) in [6, 6.07) is -0.316. The summed E-state index contributed by atoms with van der Waals surface area (Å²) in [5, 5.41) is 3.02. The van der Waals surface area contributed by atoms with Crippen LogP contribution in [0.4, 0.5) is 0 Å². The maximum absolute atomic E-state index is 11.1. The highest BCUT2D eigenvalue weighted by atomic mass is 32.1. The van der Waals surface area contributed by atoms with Crippen molar-refractivity contribution < 1.29 is 9.53 Å². The lowest BCUT2D eigenvalue weighted by atomic mass is 10.3. The van der Waals surface area contributed by atoms with Crippen LogP contribution in [0.2, 0.25) is 0 Å². The summed E-state index contributed by atoms with van der Waals surface area (Å²) >= 11 is 4.05. The SMILES string of the molecule is COC(=O)C(CS)NCC=C(C)C. The van der Waals surface area contributed by atoms with Crippen LogP contribution in [0.15, 0.2) is 11.6 Å². The Bertz CT molecular complexity index is 188. The summed E-state index contributed by atoms with van der Waals surface area (Å²) < 4.78 is 4.59. The second kappa shape index (κ2) is 6.97. The fourth-order valence-electron chi connectivity index (χ4n) is 0.770. The standard InChI is InChI=1S/C9H17NO2S/c1-7(2)4-5-10-8(6-13)9(11)12-3/h4,8,10,13H,5-6H2,1-3H3. The molecule has 0 aromatic carbocycles. The Hall–Kier alpha value is -0.480. The fourth-order valence-corrected chi connectivity index (χ4v) is 1.05. The van der Waals surface area contributed by atoms with E-state index in [-0.39, 0.29) is 12.0 Å². The first kappa shape index (κ1) is 12.5. The zero-order valence-electron chi connectivity index (χ0n) is 8.33. The van der Waals surface area contributed by atoms with Gasteiger partial charge in [0.05, 0.1) is 7.11 Å². The van der Waals surface area contributed by atoms with E-state index in [9.17, 15) is 4.79 Å². The first-order chi connectivity index (χ1) is 6.11. The molecule has 0 saturated heterocycles. The van der Waals surface area contributed by atoms with Crippen LogP contribution < -0.4 is 5.32 Å². The van der Waals surface area contributed by atoms with Crippen molar-refractivity contribution in [1.82, 2.24) is 5.32 Å². The second-order valence-electron chi connectivity index (χ2n) is 2.95. The lowest BCUT2D eigenvalue weighted by Crippen LogP contribution is -2.39. The highest BCUT2D eigenvalue weighted by Crippen LogP contribution is 1.92. The van der Waals surface area contributed by atoms with E-state index < -0.39 is 0 Å². The van der Waals surface area contributed by atoms with Crippen LogP contribution in [0.3, 0.4) is 0 Å². The third-order valence-electron chi connectivity index (χ3n) is 1.54. The minimum Gasteiger partial charge on any atom is -0.468 e. The zero-order valence-corrected chi connectivity index (χ0v) is 9.23. The molecule has 0 radical (unpaired) electrons. The minimum atomic E-state index is -0.316. The molecule has 13 heavy (non-hydrogen) atoms. The van der Waals surface area contributed by atoms with E-state index in [1.807, 2.05) is 19.9 Å². The molecule has 4 heteroatoms. The molecule has 0 bridgehead atoms. The van der Waals surface area contributed by atoms with Gasteiger partial charge in [-0.3, -0.25) is 4.79 Å². The van der Waals surface area contributed by atoms with Gasteiger partial charge < -0.3 is 10.1 Å². The van der Waals surface area contributed by atoms with Crippen molar-refractivity contribution in [2.75, 3.05) is 19.4 Å². The van der Waals surface area contributed by atoms with Gasteiger partial charge in [0.1, 0.15) is 6.04 Å². The Morgan fingerprint density at radius 1 is 1.62 bits per heavy atom. The van der Waals surface area contributed by atoms with Gasteiger partial charge in [0, 0.05) is 12.3 Å². The average molecular weight is 203 g/mol. The van der Waals surface area contributed by atoms with Crippen LogP contribution in [0.25, 0.3) is 0 Å². The fraction of sp³-hybridized carbons (Fsp3) is 0.667. The molecule has 0 aliphatic heterocycles. The maximum Gasteiger partial charge on any atom is 0.323 e. The molecular formula is C9H17NO2S. The monoisotopic (exact) mass is 203 g/mol. The van der Waals surface area contributed by atoms with E-state index in [1.54, 1.807) is 0 Å². The third kappa shape index (κ3) is 5.71. The number of nitrogens with one attached hydrogen (secondary N) is 1. The molecule has 1 N–H and O–H groups in total. The third-order valence-corrected chi connectivity index (χ3v) is 1.91. The lowest BCUT2D eigenvalue weighted by Gasteiger charge is -2.12. The van der Waals surface area contributed by atoms with Gasteiger partial charge in [-0.1, -0.05) is 11.6 Å². The van der Waals surface area contributed by atoms with Crippen LogP contribution in [-0.4, -0.2) is 31.4 Å². The number of ether oxygens (including phenoxy) is 1. The zero-order chi connectivity index (χ0) is 10.3. The summed E-state index contributed by atoms with van der Waals surface area (Å²) in [6.45, 7) is 4.69. The van der Waals surface area contributed by atoms with E-state index in [0.717, 1.165) is 0 Å². The van der Waals surface area contributed by atoms with Gasteiger partial charge in [0.2, 0.25) is 0 Å². The molecule has 3 nitrogen and oxygen atoms in total. The number of thiol groups is 1. The number of hydrogen-bond donors (Lipinski definition) is 2.